The maximum absolute atomic E-state index is 11.2. The number of benzene rings is 1. The summed E-state index contributed by atoms with van der Waals surface area (Å²) in [4.78, 5) is 23.5. The number of amides is 2. The standard InChI is InChI=1S/C12H18N4O3/c1-16(2)12(19)15-6-5-14-10-7-8(11(17)18)3-4-9(10)13/h3-4,7,14H,5-6,13H2,1-2H3,(H,15,19)(H,17,18). The molecule has 0 aliphatic carbocycles. The lowest BCUT2D eigenvalue weighted by atomic mass is 10.1. The van der Waals surface area contributed by atoms with E-state index < -0.39 is 5.97 Å². The van der Waals surface area contributed by atoms with Crippen molar-refractivity contribution in [2.45, 2.75) is 0 Å². The van der Waals surface area contributed by atoms with Gasteiger partial charge in [0.1, 0.15) is 0 Å². The normalized spacial score (nSPS) is 9.79. The van der Waals surface area contributed by atoms with E-state index in [1.54, 1.807) is 14.1 Å². The van der Waals surface area contributed by atoms with E-state index in [-0.39, 0.29) is 11.6 Å². The Morgan fingerprint density at radius 3 is 2.58 bits per heavy atom. The number of nitrogens with one attached hydrogen (secondary N) is 2. The van der Waals surface area contributed by atoms with Gasteiger partial charge >= 0.3 is 12.0 Å². The van der Waals surface area contributed by atoms with Crippen LogP contribution < -0.4 is 16.4 Å². The fourth-order valence-corrected chi connectivity index (χ4v) is 1.37. The molecule has 1 rings (SSSR count). The monoisotopic (exact) mass is 266 g/mol. The minimum absolute atomic E-state index is 0.161. The molecule has 0 saturated carbocycles. The molecule has 1 aromatic carbocycles. The second-order valence-corrected chi connectivity index (χ2v) is 4.16. The van der Waals surface area contributed by atoms with Gasteiger partial charge in [-0.1, -0.05) is 0 Å². The number of hydrogen-bond donors (Lipinski definition) is 4. The lowest BCUT2D eigenvalue weighted by Gasteiger charge is -2.13. The highest BCUT2D eigenvalue weighted by Crippen LogP contribution is 2.19. The average molecular weight is 266 g/mol. The zero-order valence-corrected chi connectivity index (χ0v) is 10.9. The van der Waals surface area contributed by atoms with Crippen molar-refractivity contribution >= 4 is 23.4 Å². The van der Waals surface area contributed by atoms with Crippen molar-refractivity contribution in [3.63, 3.8) is 0 Å². The third-order valence-electron chi connectivity index (χ3n) is 2.42. The van der Waals surface area contributed by atoms with Crippen molar-refractivity contribution in [1.29, 1.82) is 0 Å². The highest BCUT2D eigenvalue weighted by Gasteiger charge is 2.06. The van der Waals surface area contributed by atoms with Gasteiger partial charge in [-0.3, -0.25) is 0 Å². The first-order chi connectivity index (χ1) is 8.91. The smallest absolute Gasteiger partial charge is 0.335 e. The average Bonchev–Trinajstić information content (AvgIpc) is 2.35. The summed E-state index contributed by atoms with van der Waals surface area (Å²) >= 11 is 0. The van der Waals surface area contributed by atoms with E-state index in [0.29, 0.717) is 24.5 Å². The molecule has 5 N–H and O–H groups in total. The number of urea groups is 1. The summed E-state index contributed by atoms with van der Waals surface area (Å²) < 4.78 is 0. The summed E-state index contributed by atoms with van der Waals surface area (Å²) in [7, 11) is 3.30. The fraction of sp³-hybridized carbons (Fsp3) is 0.333. The van der Waals surface area contributed by atoms with Crippen molar-refractivity contribution in [2.75, 3.05) is 38.2 Å². The second-order valence-electron chi connectivity index (χ2n) is 4.16. The molecule has 0 saturated heterocycles. The molecule has 7 heteroatoms. The predicted molar refractivity (Wildman–Crippen MR) is 73.4 cm³/mol. The van der Waals surface area contributed by atoms with Crippen LogP contribution in [0.25, 0.3) is 0 Å². The van der Waals surface area contributed by atoms with E-state index in [4.69, 9.17) is 10.8 Å². The third kappa shape index (κ3) is 4.38. The Hall–Kier alpha value is -2.44. The molecule has 1 aromatic rings. The molecular formula is C12H18N4O3. The molecule has 104 valence electrons. The molecule has 0 aliphatic rings. The number of rotatable bonds is 5. The summed E-state index contributed by atoms with van der Waals surface area (Å²) in [6.45, 7) is 0.862. The Labute approximate surface area is 111 Å². The van der Waals surface area contributed by atoms with E-state index in [1.807, 2.05) is 0 Å². The fourth-order valence-electron chi connectivity index (χ4n) is 1.37. The summed E-state index contributed by atoms with van der Waals surface area (Å²) in [5.74, 6) is -1.01. The number of anilines is 2. The Balaban J connectivity index is 2.51. The predicted octanol–water partition coefficient (Wildman–Crippen LogP) is 0.650. The van der Waals surface area contributed by atoms with Crippen LogP contribution in [0.3, 0.4) is 0 Å². The highest BCUT2D eigenvalue weighted by atomic mass is 16.4. The van der Waals surface area contributed by atoms with Crippen LogP contribution in [0, 0.1) is 0 Å². The van der Waals surface area contributed by atoms with Crippen molar-refractivity contribution in [3.8, 4) is 0 Å². The maximum Gasteiger partial charge on any atom is 0.335 e. The molecule has 19 heavy (non-hydrogen) atoms. The van der Waals surface area contributed by atoms with Gasteiger partial charge in [-0.25, -0.2) is 9.59 Å². The minimum Gasteiger partial charge on any atom is -0.478 e. The zero-order valence-electron chi connectivity index (χ0n) is 10.9. The van der Waals surface area contributed by atoms with Crippen LogP contribution in [0.4, 0.5) is 16.2 Å². The number of carbonyl (C=O) groups is 2. The quantitative estimate of drug-likeness (QED) is 0.462. The van der Waals surface area contributed by atoms with Gasteiger partial charge in [0.15, 0.2) is 0 Å². The molecule has 0 aliphatic heterocycles. The first-order valence-corrected chi connectivity index (χ1v) is 5.73. The number of hydrogen-bond acceptors (Lipinski definition) is 4. The first kappa shape index (κ1) is 14.6. The SMILES string of the molecule is CN(C)C(=O)NCCNc1cc(C(=O)O)ccc1N. The number of carbonyl (C=O) groups excluding carboxylic acids is 1. The van der Waals surface area contributed by atoms with Crippen LogP contribution in [-0.2, 0) is 0 Å². The van der Waals surface area contributed by atoms with Crippen LogP contribution in [0.5, 0.6) is 0 Å². The van der Waals surface area contributed by atoms with Crippen molar-refractivity contribution in [1.82, 2.24) is 10.2 Å². The molecule has 2 amide bonds. The molecule has 0 heterocycles. The van der Waals surface area contributed by atoms with Gasteiger partial charge in [-0.05, 0) is 18.2 Å². The van der Waals surface area contributed by atoms with Crippen LogP contribution in [0.2, 0.25) is 0 Å². The molecule has 0 atom stereocenters. The van der Waals surface area contributed by atoms with Gasteiger partial charge < -0.3 is 26.4 Å². The summed E-state index contributed by atoms with van der Waals surface area (Å²) in [6, 6.07) is 4.25. The van der Waals surface area contributed by atoms with Crippen molar-refractivity contribution < 1.29 is 14.7 Å². The van der Waals surface area contributed by atoms with E-state index in [0.717, 1.165) is 0 Å². The topological polar surface area (TPSA) is 108 Å². The number of carboxylic acid groups (broad SMARTS) is 1. The number of nitrogens with zero attached hydrogens (tertiary/aromatic N) is 1. The number of nitrogen functional groups attached to an aromatic ring is 1. The molecular weight excluding hydrogens is 248 g/mol. The van der Waals surface area contributed by atoms with E-state index in [9.17, 15) is 9.59 Å². The largest absolute Gasteiger partial charge is 0.478 e. The second kappa shape index (κ2) is 6.48. The first-order valence-electron chi connectivity index (χ1n) is 5.73. The molecule has 0 bridgehead atoms. The van der Waals surface area contributed by atoms with Crippen molar-refractivity contribution in [2.24, 2.45) is 0 Å². The van der Waals surface area contributed by atoms with Crippen LogP contribution >= 0.6 is 0 Å². The Morgan fingerprint density at radius 1 is 1.32 bits per heavy atom. The lowest BCUT2D eigenvalue weighted by Crippen LogP contribution is -2.37. The zero-order chi connectivity index (χ0) is 14.4. The van der Waals surface area contributed by atoms with Crippen molar-refractivity contribution in [3.05, 3.63) is 23.8 Å². The molecule has 7 nitrogen and oxygen atoms in total. The number of nitrogens with two attached hydrogens (primary N) is 1. The van der Waals surface area contributed by atoms with E-state index in [1.165, 1.54) is 23.1 Å². The summed E-state index contributed by atoms with van der Waals surface area (Å²) in [5, 5.41) is 14.5. The molecule has 0 radical (unpaired) electrons. The summed E-state index contributed by atoms with van der Waals surface area (Å²) in [5.41, 5.74) is 6.89. The van der Waals surface area contributed by atoms with E-state index in [2.05, 4.69) is 10.6 Å². The van der Waals surface area contributed by atoms with Crippen LogP contribution in [-0.4, -0.2) is 49.2 Å². The molecule has 0 aromatic heterocycles. The van der Waals surface area contributed by atoms with Gasteiger partial charge in [0.2, 0.25) is 0 Å². The highest BCUT2D eigenvalue weighted by molar-refractivity contribution is 5.90. The van der Waals surface area contributed by atoms with E-state index >= 15 is 0 Å². The number of aromatic carboxylic acids is 1. The van der Waals surface area contributed by atoms with Crippen LogP contribution in [0.15, 0.2) is 18.2 Å². The Bertz CT molecular complexity index is 474. The van der Waals surface area contributed by atoms with Crippen LogP contribution in [0.1, 0.15) is 10.4 Å². The van der Waals surface area contributed by atoms with Gasteiger partial charge in [0, 0.05) is 27.2 Å². The third-order valence-corrected chi connectivity index (χ3v) is 2.42. The molecule has 0 spiro atoms. The number of carboxylic acids is 1. The van der Waals surface area contributed by atoms with Gasteiger partial charge in [-0.2, -0.15) is 0 Å². The Morgan fingerprint density at radius 2 is 2.00 bits per heavy atom. The minimum atomic E-state index is -1.01. The van der Waals surface area contributed by atoms with Gasteiger partial charge in [-0.15, -0.1) is 0 Å². The summed E-state index contributed by atoms with van der Waals surface area (Å²) in [6.07, 6.45) is 0. The Kier molecular flexibility index (Phi) is 4.99. The van der Waals surface area contributed by atoms with Gasteiger partial charge in [0.05, 0.1) is 16.9 Å². The molecule has 0 fully saturated rings. The van der Waals surface area contributed by atoms with Gasteiger partial charge in [0.25, 0.3) is 0 Å². The molecule has 0 unspecified atom stereocenters. The lowest BCUT2D eigenvalue weighted by molar-refractivity contribution is 0.0697. The maximum atomic E-state index is 11.2.